The summed E-state index contributed by atoms with van der Waals surface area (Å²) in [7, 11) is 2.46. The molecule has 0 bridgehead atoms. The Morgan fingerprint density at radius 2 is 2.16 bits per heavy atom. The van der Waals surface area contributed by atoms with Crippen LogP contribution in [0.3, 0.4) is 0 Å². The smallest absolute Gasteiger partial charge is 0.341 e. The Bertz CT molecular complexity index is 624. The van der Waals surface area contributed by atoms with Gasteiger partial charge in [0.15, 0.2) is 11.6 Å². The summed E-state index contributed by atoms with van der Waals surface area (Å²) >= 11 is 0. The minimum atomic E-state index is -0.715. The van der Waals surface area contributed by atoms with Crippen LogP contribution in [0, 0.1) is 5.82 Å². The maximum absolute atomic E-state index is 13.9. The Morgan fingerprint density at radius 3 is 2.68 bits per heavy atom. The van der Waals surface area contributed by atoms with Crippen LogP contribution in [0.4, 0.5) is 10.3 Å². The molecule has 0 spiro atoms. The predicted octanol–water partition coefficient (Wildman–Crippen LogP) is 1.86. The van der Waals surface area contributed by atoms with Gasteiger partial charge in [0.2, 0.25) is 5.88 Å². The predicted molar refractivity (Wildman–Crippen MR) is 64.2 cm³/mol. The first-order chi connectivity index (χ1) is 9.08. The van der Waals surface area contributed by atoms with Crippen LogP contribution in [0.15, 0.2) is 22.9 Å². The van der Waals surface area contributed by atoms with E-state index in [2.05, 4.69) is 9.89 Å². The number of carbonyl (C=O) groups is 1. The summed E-state index contributed by atoms with van der Waals surface area (Å²) in [6.45, 7) is 0. The van der Waals surface area contributed by atoms with E-state index in [0.29, 0.717) is 11.1 Å². The van der Waals surface area contributed by atoms with Gasteiger partial charge in [0.1, 0.15) is 5.56 Å². The molecule has 1 aromatic carbocycles. The Morgan fingerprint density at radius 1 is 1.42 bits per heavy atom. The van der Waals surface area contributed by atoms with Gasteiger partial charge < -0.3 is 19.7 Å². The lowest BCUT2D eigenvalue weighted by molar-refractivity contribution is 0.0596. The number of aromatic nitrogens is 1. The van der Waals surface area contributed by atoms with Crippen molar-refractivity contribution in [1.29, 1.82) is 0 Å². The molecule has 0 saturated heterocycles. The molecule has 19 heavy (non-hydrogen) atoms. The van der Waals surface area contributed by atoms with E-state index in [0.717, 1.165) is 0 Å². The van der Waals surface area contributed by atoms with Gasteiger partial charge in [-0.05, 0) is 17.7 Å². The lowest BCUT2D eigenvalue weighted by atomic mass is 10.0. The highest BCUT2D eigenvalue weighted by Gasteiger charge is 2.20. The normalized spacial score (nSPS) is 10.3. The number of anilines is 1. The lowest BCUT2D eigenvalue weighted by Crippen LogP contribution is -2.06. The molecule has 0 radical (unpaired) electrons. The molecule has 6 nitrogen and oxygen atoms in total. The summed E-state index contributed by atoms with van der Waals surface area (Å²) in [5.74, 6) is -1.58. The van der Waals surface area contributed by atoms with Crippen molar-refractivity contribution in [2.45, 2.75) is 0 Å². The Kier molecular flexibility index (Phi) is 3.37. The topological polar surface area (TPSA) is 87.6 Å². The molecule has 1 heterocycles. The molecule has 0 atom stereocenters. The van der Waals surface area contributed by atoms with Crippen molar-refractivity contribution in [2.24, 2.45) is 0 Å². The van der Waals surface area contributed by atoms with Crippen LogP contribution in [0.2, 0.25) is 0 Å². The number of rotatable bonds is 3. The molecule has 100 valence electrons. The fourth-order valence-electron chi connectivity index (χ4n) is 1.68. The number of hydrogen-bond donors (Lipinski definition) is 1. The van der Waals surface area contributed by atoms with Crippen LogP contribution in [-0.2, 0) is 4.74 Å². The van der Waals surface area contributed by atoms with Crippen LogP contribution in [-0.4, -0.2) is 25.3 Å². The number of halogens is 1. The first-order valence-corrected chi connectivity index (χ1v) is 5.24. The molecule has 2 rings (SSSR count). The van der Waals surface area contributed by atoms with Gasteiger partial charge in [-0.25, -0.2) is 9.18 Å². The number of nitrogen functional groups attached to an aromatic ring is 1. The van der Waals surface area contributed by atoms with Crippen molar-refractivity contribution in [3.05, 3.63) is 29.7 Å². The fraction of sp³-hybridized carbons (Fsp3) is 0.167. The van der Waals surface area contributed by atoms with E-state index in [-0.39, 0.29) is 17.2 Å². The Balaban J connectivity index is 2.63. The standard InChI is InChI=1S/C12H11FN2O4/c1-17-10-7(12(16)18-2)3-6(4-9(10)13)8-5-15-19-11(8)14/h3-5H,14H2,1-2H3. The molecule has 2 aromatic rings. The molecule has 0 fully saturated rings. The number of esters is 1. The van der Waals surface area contributed by atoms with Gasteiger partial charge in [0, 0.05) is 0 Å². The van der Waals surface area contributed by atoms with E-state index in [1.54, 1.807) is 0 Å². The van der Waals surface area contributed by atoms with E-state index in [9.17, 15) is 9.18 Å². The number of benzene rings is 1. The summed E-state index contributed by atoms with van der Waals surface area (Å²) < 4.78 is 28.0. The summed E-state index contributed by atoms with van der Waals surface area (Å²) in [5.41, 5.74) is 6.24. The summed E-state index contributed by atoms with van der Waals surface area (Å²) in [4.78, 5) is 11.6. The average molecular weight is 266 g/mol. The van der Waals surface area contributed by atoms with Gasteiger partial charge in [-0.15, -0.1) is 0 Å². The van der Waals surface area contributed by atoms with Gasteiger partial charge in [0.05, 0.1) is 26.0 Å². The van der Waals surface area contributed by atoms with Gasteiger partial charge in [-0.2, -0.15) is 0 Å². The number of nitrogens with two attached hydrogens (primary N) is 1. The highest BCUT2D eigenvalue weighted by molar-refractivity contribution is 5.94. The van der Waals surface area contributed by atoms with E-state index in [1.165, 1.54) is 32.5 Å². The number of hydrogen-bond acceptors (Lipinski definition) is 6. The Labute approximate surface area is 107 Å². The van der Waals surface area contributed by atoms with Gasteiger partial charge in [0.25, 0.3) is 0 Å². The SMILES string of the molecule is COC(=O)c1cc(-c2cnoc2N)cc(F)c1OC. The lowest BCUT2D eigenvalue weighted by Gasteiger charge is -2.10. The van der Waals surface area contributed by atoms with Gasteiger partial charge in [-0.3, -0.25) is 0 Å². The second-order valence-corrected chi connectivity index (χ2v) is 3.63. The Hall–Kier alpha value is -2.57. The molecule has 0 aliphatic carbocycles. The van der Waals surface area contributed by atoms with Crippen LogP contribution < -0.4 is 10.5 Å². The molecule has 0 aliphatic heterocycles. The number of nitrogens with zero attached hydrogens (tertiary/aromatic N) is 1. The number of methoxy groups -OCH3 is 2. The third-order valence-corrected chi connectivity index (χ3v) is 2.56. The molecule has 0 unspecified atom stereocenters. The summed E-state index contributed by atoms with van der Waals surface area (Å²) in [5, 5.41) is 3.50. The third-order valence-electron chi connectivity index (χ3n) is 2.56. The van der Waals surface area contributed by atoms with Gasteiger partial charge >= 0.3 is 5.97 Å². The number of carbonyl (C=O) groups excluding carboxylic acids is 1. The van der Waals surface area contributed by atoms with Crippen LogP contribution in [0.5, 0.6) is 5.75 Å². The minimum absolute atomic E-state index is 0.0281. The van der Waals surface area contributed by atoms with Crippen molar-refractivity contribution in [2.75, 3.05) is 20.0 Å². The molecular weight excluding hydrogens is 255 g/mol. The van der Waals surface area contributed by atoms with Crippen LogP contribution in [0.25, 0.3) is 11.1 Å². The second kappa shape index (κ2) is 4.97. The second-order valence-electron chi connectivity index (χ2n) is 3.63. The molecule has 1 aromatic heterocycles. The van der Waals surface area contributed by atoms with Crippen molar-refractivity contribution < 1.29 is 23.2 Å². The van der Waals surface area contributed by atoms with E-state index >= 15 is 0 Å². The summed E-state index contributed by atoms with van der Waals surface area (Å²) in [6.07, 6.45) is 1.33. The molecule has 0 aliphatic rings. The summed E-state index contributed by atoms with van der Waals surface area (Å²) in [6, 6.07) is 2.57. The molecule has 2 N–H and O–H groups in total. The van der Waals surface area contributed by atoms with Crippen LogP contribution >= 0.6 is 0 Å². The minimum Gasteiger partial charge on any atom is -0.493 e. The largest absolute Gasteiger partial charge is 0.493 e. The van der Waals surface area contributed by atoms with E-state index < -0.39 is 11.8 Å². The first-order valence-electron chi connectivity index (χ1n) is 5.24. The molecular formula is C12H11FN2O4. The van der Waals surface area contributed by atoms with E-state index in [1.807, 2.05) is 0 Å². The first kappa shape index (κ1) is 12.9. The fourth-order valence-corrected chi connectivity index (χ4v) is 1.68. The van der Waals surface area contributed by atoms with Crippen molar-refractivity contribution >= 4 is 11.9 Å². The third kappa shape index (κ3) is 2.22. The highest BCUT2D eigenvalue weighted by Crippen LogP contribution is 2.32. The zero-order valence-electron chi connectivity index (χ0n) is 10.3. The van der Waals surface area contributed by atoms with Crippen molar-refractivity contribution in [1.82, 2.24) is 5.16 Å². The maximum Gasteiger partial charge on any atom is 0.341 e. The molecule has 0 saturated carbocycles. The van der Waals surface area contributed by atoms with Crippen molar-refractivity contribution in [3.8, 4) is 16.9 Å². The van der Waals surface area contributed by atoms with Crippen molar-refractivity contribution in [3.63, 3.8) is 0 Å². The van der Waals surface area contributed by atoms with Gasteiger partial charge in [-0.1, -0.05) is 5.16 Å². The average Bonchev–Trinajstić information content (AvgIpc) is 2.83. The zero-order chi connectivity index (χ0) is 14.0. The quantitative estimate of drug-likeness (QED) is 0.853. The monoisotopic (exact) mass is 266 g/mol. The zero-order valence-corrected chi connectivity index (χ0v) is 10.3. The highest BCUT2D eigenvalue weighted by atomic mass is 19.1. The van der Waals surface area contributed by atoms with Crippen LogP contribution in [0.1, 0.15) is 10.4 Å². The maximum atomic E-state index is 13.9. The number of ether oxygens (including phenoxy) is 2. The molecule has 7 heteroatoms. The van der Waals surface area contributed by atoms with E-state index in [4.69, 9.17) is 15.0 Å². The molecule has 0 amide bonds.